The van der Waals surface area contributed by atoms with E-state index in [2.05, 4.69) is 24.3 Å². The Balaban J connectivity index is 1.75. The van der Waals surface area contributed by atoms with Crippen LogP contribution in [-0.4, -0.2) is 11.8 Å². The summed E-state index contributed by atoms with van der Waals surface area (Å²) in [5.74, 6) is 0. The fourth-order valence-corrected chi connectivity index (χ4v) is 3.53. The standard InChI is InChI=1S/C14H19NS/c15-10-14(8-1-9-14)11-2-4-12(5-3-11)16-13-6-7-13/h2-5,13H,1,6-10,15H2. The lowest BCUT2D eigenvalue weighted by Gasteiger charge is -2.41. The molecule has 0 saturated heterocycles. The molecule has 2 heteroatoms. The molecule has 1 aromatic rings. The van der Waals surface area contributed by atoms with Gasteiger partial charge in [-0.15, -0.1) is 11.8 Å². The minimum absolute atomic E-state index is 0.322. The van der Waals surface area contributed by atoms with Crippen molar-refractivity contribution < 1.29 is 0 Å². The van der Waals surface area contributed by atoms with Gasteiger partial charge in [0.1, 0.15) is 0 Å². The van der Waals surface area contributed by atoms with Gasteiger partial charge in [-0.05, 0) is 43.4 Å². The van der Waals surface area contributed by atoms with Gasteiger partial charge in [0.25, 0.3) is 0 Å². The van der Waals surface area contributed by atoms with E-state index in [0.29, 0.717) is 5.41 Å². The van der Waals surface area contributed by atoms with Crippen molar-refractivity contribution >= 4 is 11.8 Å². The van der Waals surface area contributed by atoms with Crippen LogP contribution in [-0.2, 0) is 5.41 Å². The molecule has 2 fully saturated rings. The van der Waals surface area contributed by atoms with Gasteiger partial charge in [0.05, 0.1) is 0 Å². The van der Waals surface area contributed by atoms with Crippen molar-refractivity contribution in [1.29, 1.82) is 0 Å². The largest absolute Gasteiger partial charge is 0.330 e. The summed E-state index contributed by atoms with van der Waals surface area (Å²) in [7, 11) is 0. The fourth-order valence-electron chi connectivity index (χ4n) is 2.48. The quantitative estimate of drug-likeness (QED) is 0.863. The van der Waals surface area contributed by atoms with E-state index in [9.17, 15) is 0 Å². The maximum atomic E-state index is 5.92. The van der Waals surface area contributed by atoms with Crippen LogP contribution in [0.3, 0.4) is 0 Å². The van der Waals surface area contributed by atoms with Gasteiger partial charge in [0.2, 0.25) is 0 Å². The summed E-state index contributed by atoms with van der Waals surface area (Å²) in [6.45, 7) is 0.808. The Morgan fingerprint density at radius 2 is 1.88 bits per heavy atom. The molecule has 0 aliphatic heterocycles. The molecule has 0 radical (unpaired) electrons. The van der Waals surface area contributed by atoms with Crippen LogP contribution in [0.15, 0.2) is 29.2 Å². The minimum Gasteiger partial charge on any atom is -0.330 e. The third-order valence-corrected chi connectivity index (χ3v) is 5.34. The Morgan fingerprint density at radius 3 is 2.31 bits per heavy atom. The first kappa shape index (κ1) is 10.7. The Labute approximate surface area is 102 Å². The topological polar surface area (TPSA) is 26.0 Å². The zero-order valence-electron chi connectivity index (χ0n) is 9.61. The molecule has 0 amide bonds. The maximum absolute atomic E-state index is 5.92. The smallest absolute Gasteiger partial charge is 0.00952 e. The highest BCUT2D eigenvalue weighted by atomic mass is 32.2. The van der Waals surface area contributed by atoms with Gasteiger partial charge in [-0.2, -0.15) is 0 Å². The van der Waals surface area contributed by atoms with Crippen molar-refractivity contribution in [2.75, 3.05) is 6.54 Å². The van der Waals surface area contributed by atoms with E-state index in [1.54, 1.807) is 0 Å². The highest BCUT2D eigenvalue weighted by Crippen LogP contribution is 2.44. The molecule has 1 aromatic carbocycles. The molecule has 16 heavy (non-hydrogen) atoms. The van der Waals surface area contributed by atoms with Crippen LogP contribution in [0.5, 0.6) is 0 Å². The van der Waals surface area contributed by atoms with Gasteiger partial charge in [-0.3, -0.25) is 0 Å². The average Bonchev–Trinajstić information content (AvgIpc) is 3.04. The average molecular weight is 233 g/mol. The van der Waals surface area contributed by atoms with Crippen molar-refractivity contribution in [3.8, 4) is 0 Å². The highest BCUT2D eigenvalue weighted by Gasteiger charge is 2.37. The third kappa shape index (κ3) is 1.89. The van der Waals surface area contributed by atoms with E-state index in [4.69, 9.17) is 5.73 Å². The zero-order chi connectivity index (χ0) is 11.0. The molecule has 1 nitrogen and oxygen atoms in total. The molecule has 2 saturated carbocycles. The van der Waals surface area contributed by atoms with E-state index in [1.807, 2.05) is 11.8 Å². The van der Waals surface area contributed by atoms with Gasteiger partial charge in [0, 0.05) is 22.1 Å². The van der Waals surface area contributed by atoms with E-state index in [1.165, 1.54) is 42.6 Å². The second-order valence-electron chi connectivity index (χ2n) is 5.18. The lowest BCUT2D eigenvalue weighted by Crippen LogP contribution is -2.41. The Kier molecular flexibility index (Phi) is 2.72. The molecule has 0 aromatic heterocycles. The molecule has 0 atom stereocenters. The Hall–Kier alpha value is -0.470. The molecule has 0 unspecified atom stereocenters. The summed E-state index contributed by atoms with van der Waals surface area (Å²) in [4.78, 5) is 1.43. The molecular weight excluding hydrogens is 214 g/mol. The van der Waals surface area contributed by atoms with E-state index >= 15 is 0 Å². The minimum atomic E-state index is 0.322. The van der Waals surface area contributed by atoms with Crippen LogP contribution in [0.1, 0.15) is 37.7 Å². The van der Waals surface area contributed by atoms with E-state index in [0.717, 1.165) is 11.8 Å². The number of thioether (sulfide) groups is 1. The number of rotatable bonds is 4. The lowest BCUT2D eigenvalue weighted by atomic mass is 9.64. The predicted molar refractivity (Wildman–Crippen MR) is 69.9 cm³/mol. The van der Waals surface area contributed by atoms with Gasteiger partial charge < -0.3 is 5.73 Å². The van der Waals surface area contributed by atoms with Gasteiger partial charge in [0.15, 0.2) is 0 Å². The molecule has 0 bridgehead atoms. The molecule has 0 heterocycles. The summed E-state index contributed by atoms with van der Waals surface area (Å²) < 4.78 is 0. The third-order valence-electron chi connectivity index (χ3n) is 4.00. The maximum Gasteiger partial charge on any atom is 0.00952 e. The summed E-state index contributed by atoms with van der Waals surface area (Å²) in [5.41, 5.74) is 7.71. The number of hydrogen-bond donors (Lipinski definition) is 1. The van der Waals surface area contributed by atoms with Crippen LogP contribution in [0, 0.1) is 0 Å². The van der Waals surface area contributed by atoms with Gasteiger partial charge >= 0.3 is 0 Å². The van der Waals surface area contributed by atoms with Gasteiger partial charge in [-0.25, -0.2) is 0 Å². The SMILES string of the molecule is NCC1(c2ccc(SC3CC3)cc2)CCC1. The van der Waals surface area contributed by atoms with E-state index in [-0.39, 0.29) is 0 Å². The molecular formula is C14H19NS. The Bertz CT molecular complexity index is 357. The van der Waals surface area contributed by atoms with Crippen molar-refractivity contribution in [2.24, 2.45) is 5.73 Å². The molecule has 2 aliphatic carbocycles. The second-order valence-corrected chi connectivity index (χ2v) is 6.55. The summed E-state index contributed by atoms with van der Waals surface area (Å²) in [6.07, 6.45) is 6.70. The monoisotopic (exact) mass is 233 g/mol. The number of benzene rings is 1. The first-order valence-corrected chi connectivity index (χ1v) is 7.18. The normalized spacial score (nSPS) is 22.8. The van der Waals surface area contributed by atoms with Crippen LogP contribution in [0.25, 0.3) is 0 Å². The highest BCUT2D eigenvalue weighted by molar-refractivity contribution is 8.00. The summed E-state index contributed by atoms with van der Waals surface area (Å²) >= 11 is 2.03. The molecule has 3 rings (SSSR count). The first-order valence-electron chi connectivity index (χ1n) is 6.30. The number of nitrogens with two attached hydrogens (primary N) is 1. The molecule has 0 spiro atoms. The van der Waals surface area contributed by atoms with Crippen LogP contribution in [0.2, 0.25) is 0 Å². The summed E-state index contributed by atoms with van der Waals surface area (Å²) in [6, 6.07) is 9.18. The van der Waals surface area contributed by atoms with Crippen LogP contribution < -0.4 is 5.73 Å². The zero-order valence-corrected chi connectivity index (χ0v) is 10.4. The van der Waals surface area contributed by atoms with E-state index < -0.39 is 0 Å². The first-order chi connectivity index (χ1) is 7.82. The Morgan fingerprint density at radius 1 is 1.19 bits per heavy atom. The van der Waals surface area contributed by atoms with Crippen molar-refractivity contribution in [1.82, 2.24) is 0 Å². The fraction of sp³-hybridized carbons (Fsp3) is 0.571. The van der Waals surface area contributed by atoms with Crippen molar-refractivity contribution in [2.45, 2.75) is 47.7 Å². The summed E-state index contributed by atoms with van der Waals surface area (Å²) in [5, 5.41) is 0.901. The molecule has 86 valence electrons. The molecule has 2 N–H and O–H groups in total. The van der Waals surface area contributed by atoms with Crippen molar-refractivity contribution in [3.05, 3.63) is 29.8 Å². The van der Waals surface area contributed by atoms with Crippen LogP contribution in [0.4, 0.5) is 0 Å². The molecule has 2 aliphatic rings. The van der Waals surface area contributed by atoms with Gasteiger partial charge in [-0.1, -0.05) is 18.6 Å². The van der Waals surface area contributed by atoms with Crippen molar-refractivity contribution in [3.63, 3.8) is 0 Å². The lowest BCUT2D eigenvalue weighted by molar-refractivity contribution is 0.253. The number of hydrogen-bond acceptors (Lipinski definition) is 2. The predicted octanol–water partition coefficient (Wildman–Crippen LogP) is 3.32. The van der Waals surface area contributed by atoms with Crippen LogP contribution >= 0.6 is 11.8 Å². The second kappa shape index (κ2) is 4.08.